The number of hydrogen-bond acceptors (Lipinski definition) is 6. The van der Waals surface area contributed by atoms with Gasteiger partial charge in [-0.15, -0.1) is 0 Å². The van der Waals surface area contributed by atoms with Crippen LogP contribution in [0.5, 0.6) is 5.75 Å². The molecule has 1 aromatic carbocycles. The van der Waals surface area contributed by atoms with E-state index in [9.17, 15) is 0 Å². The van der Waals surface area contributed by atoms with Crippen molar-refractivity contribution in [1.29, 1.82) is 0 Å². The highest BCUT2D eigenvalue weighted by Crippen LogP contribution is 2.19. The maximum absolute atomic E-state index is 5.24. The van der Waals surface area contributed by atoms with E-state index in [0.29, 0.717) is 18.1 Å². The van der Waals surface area contributed by atoms with E-state index in [2.05, 4.69) is 15.0 Å². The highest BCUT2D eigenvalue weighted by molar-refractivity contribution is 5.35. The monoisotopic (exact) mass is 235 g/mol. The van der Waals surface area contributed by atoms with Crippen LogP contribution in [-0.2, 0) is 17.9 Å². The third-order valence-corrected chi connectivity index (χ3v) is 2.26. The zero-order chi connectivity index (χ0) is 12.1. The molecule has 6 nitrogen and oxygen atoms in total. The van der Waals surface area contributed by atoms with E-state index < -0.39 is 0 Å². The van der Waals surface area contributed by atoms with Gasteiger partial charge >= 0.3 is 0 Å². The highest BCUT2D eigenvalue weighted by Gasteiger charge is 2.09. The predicted molar refractivity (Wildman–Crippen MR) is 59.1 cm³/mol. The summed E-state index contributed by atoms with van der Waals surface area (Å²) in [5.41, 5.74) is 0.996. The van der Waals surface area contributed by atoms with Crippen molar-refractivity contribution in [2.75, 3.05) is 7.11 Å². The first-order valence-electron chi connectivity index (χ1n) is 5.08. The van der Waals surface area contributed by atoms with Crippen LogP contribution in [0.4, 0.5) is 0 Å². The maximum atomic E-state index is 5.24. The van der Waals surface area contributed by atoms with Crippen molar-refractivity contribution in [3.63, 3.8) is 0 Å². The molecular formula is C11H13N3O3. The second-order valence-corrected chi connectivity index (χ2v) is 3.40. The molecule has 90 valence electrons. The summed E-state index contributed by atoms with van der Waals surface area (Å²) < 4.78 is 10.2. The smallest absolute Gasteiger partial charge is 0.254 e. The van der Waals surface area contributed by atoms with Crippen LogP contribution >= 0.6 is 0 Å². The van der Waals surface area contributed by atoms with Crippen LogP contribution in [0, 0.1) is 0 Å². The Balaban J connectivity index is 2.13. The molecule has 0 bridgehead atoms. The second-order valence-electron chi connectivity index (χ2n) is 3.40. The SMILES string of the molecule is COc1ccccc1Cc1noc(CON)n1. The molecule has 17 heavy (non-hydrogen) atoms. The lowest BCUT2D eigenvalue weighted by molar-refractivity contribution is 0.0995. The summed E-state index contributed by atoms with van der Waals surface area (Å²) in [6.45, 7) is 0.110. The van der Waals surface area contributed by atoms with Crippen molar-refractivity contribution < 1.29 is 14.1 Å². The minimum atomic E-state index is 0.110. The average molecular weight is 235 g/mol. The quantitative estimate of drug-likeness (QED) is 0.780. The number of methoxy groups -OCH3 is 1. The number of nitrogens with zero attached hydrogens (tertiary/aromatic N) is 2. The molecule has 0 amide bonds. The van der Waals surface area contributed by atoms with E-state index in [1.165, 1.54) is 0 Å². The van der Waals surface area contributed by atoms with Crippen LogP contribution in [0.2, 0.25) is 0 Å². The van der Waals surface area contributed by atoms with Gasteiger partial charge in [-0.25, -0.2) is 5.90 Å². The molecule has 0 aliphatic rings. The van der Waals surface area contributed by atoms with Gasteiger partial charge in [0, 0.05) is 12.0 Å². The molecule has 1 heterocycles. The summed E-state index contributed by atoms with van der Waals surface area (Å²) in [4.78, 5) is 8.55. The fraction of sp³-hybridized carbons (Fsp3) is 0.273. The van der Waals surface area contributed by atoms with Gasteiger partial charge in [0.05, 0.1) is 7.11 Å². The van der Waals surface area contributed by atoms with Gasteiger partial charge in [-0.05, 0) is 6.07 Å². The third-order valence-electron chi connectivity index (χ3n) is 2.26. The van der Waals surface area contributed by atoms with Crippen LogP contribution in [0.25, 0.3) is 0 Å². The first-order valence-corrected chi connectivity index (χ1v) is 5.08. The van der Waals surface area contributed by atoms with Gasteiger partial charge in [0.1, 0.15) is 12.4 Å². The van der Waals surface area contributed by atoms with E-state index in [4.69, 9.17) is 15.2 Å². The van der Waals surface area contributed by atoms with Crippen LogP contribution in [0.3, 0.4) is 0 Å². The number of aromatic nitrogens is 2. The lowest BCUT2D eigenvalue weighted by atomic mass is 10.1. The molecule has 0 saturated carbocycles. The Labute approximate surface area is 98.3 Å². The molecule has 2 rings (SSSR count). The molecule has 2 N–H and O–H groups in total. The summed E-state index contributed by atoms with van der Waals surface area (Å²) in [6.07, 6.45) is 0.540. The number of nitrogens with two attached hydrogens (primary N) is 1. The maximum Gasteiger partial charge on any atom is 0.254 e. The Morgan fingerprint density at radius 3 is 2.94 bits per heavy atom. The van der Waals surface area contributed by atoms with E-state index >= 15 is 0 Å². The van der Waals surface area contributed by atoms with Crippen molar-refractivity contribution in [2.45, 2.75) is 13.0 Å². The summed E-state index contributed by atoms with van der Waals surface area (Å²) in [7, 11) is 1.63. The largest absolute Gasteiger partial charge is 0.496 e. The zero-order valence-corrected chi connectivity index (χ0v) is 9.42. The van der Waals surface area contributed by atoms with Crippen LogP contribution in [-0.4, -0.2) is 17.3 Å². The molecule has 0 radical (unpaired) electrons. The Kier molecular flexibility index (Phi) is 3.69. The zero-order valence-electron chi connectivity index (χ0n) is 9.42. The average Bonchev–Trinajstić information content (AvgIpc) is 2.78. The van der Waals surface area contributed by atoms with Crippen LogP contribution < -0.4 is 10.6 Å². The van der Waals surface area contributed by atoms with E-state index in [0.717, 1.165) is 11.3 Å². The van der Waals surface area contributed by atoms with Crippen LogP contribution in [0.1, 0.15) is 17.3 Å². The van der Waals surface area contributed by atoms with E-state index in [-0.39, 0.29) is 6.61 Å². The third kappa shape index (κ3) is 2.80. The highest BCUT2D eigenvalue weighted by atomic mass is 16.6. The Morgan fingerprint density at radius 1 is 1.35 bits per heavy atom. The normalized spacial score (nSPS) is 10.5. The Bertz CT molecular complexity index is 484. The lowest BCUT2D eigenvalue weighted by Gasteiger charge is -2.04. The van der Waals surface area contributed by atoms with E-state index in [1.807, 2.05) is 24.3 Å². The first-order chi connectivity index (χ1) is 8.33. The molecule has 2 aromatic rings. The fourth-order valence-electron chi connectivity index (χ4n) is 1.51. The molecule has 0 saturated heterocycles. The van der Waals surface area contributed by atoms with Crippen LogP contribution in [0.15, 0.2) is 28.8 Å². The second kappa shape index (κ2) is 5.42. The summed E-state index contributed by atoms with van der Waals surface area (Å²) in [6, 6.07) is 7.68. The molecule has 0 fully saturated rings. The molecule has 0 unspecified atom stereocenters. The molecule has 0 aliphatic heterocycles. The summed E-state index contributed by atoms with van der Waals surface area (Å²) >= 11 is 0. The van der Waals surface area contributed by atoms with Gasteiger partial charge in [-0.1, -0.05) is 23.4 Å². The van der Waals surface area contributed by atoms with Gasteiger partial charge in [0.2, 0.25) is 0 Å². The summed E-state index contributed by atoms with van der Waals surface area (Å²) in [5, 5.41) is 3.83. The van der Waals surface area contributed by atoms with Crippen molar-refractivity contribution in [3.8, 4) is 5.75 Å². The summed E-state index contributed by atoms with van der Waals surface area (Å²) in [5.74, 6) is 6.65. The Morgan fingerprint density at radius 2 is 2.18 bits per heavy atom. The molecule has 6 heteroatoms. The van der Waals surface area contributed by atoms with Gasteiger partial charge in [0.25, 0.3) is 5.89 Å². The molecule has 0 aliphatic carbocycles. The standard InChI is InChI=1S/C11H13N3O3/c1-15-9-5-3-2-4-8(9)6-10-13-11(7-16-12)17-14-10/h2-5H,6-7,12H2,1H3. The van der Waals surface area contributed by atoms with Gasteiger partial charge in [-0.3, -0.25) is 4.84 Å². The Hall–Kier alpha value is -1.92. The number of ether oxygens (including phenoxy) is 1. The minimum Gasteiger partial charge on any atom is -0.496 e. The molecule has 0 atom stereocenters. The number of benzene rings is 1. The molecule has 0 spiro atoms. The number of rotatable bonds is 5. The van der Waals surface area contributed by atoms with Crippen molar-refractivity contribution in [2.24, 2.45) is 5.90 Å². The minimum absolute atomic E-state index is 0.110. The topological polar surface area (TPSA) is 83.4 Å². The van der Waals surface area contributed by atoms with Gasteiger partial charge < -0.3 is 9.26 Å². The first kappa shape index (κ1) is 11.6. The number of para-hydroxylation sites is 1. The number of hydrogen-bond donors (Lipinski definition) is 1. The van der Waals surface area contributed by atoms with E-state index in [1.54, 1.807) is 7.11 Å². The molecular weight excluding hydrogens is 222 g/mol. The van der Waals surface area contributed by atoms with Crippen molar-refractivity contribution in [3.05, 3.63) is 41.5 Å². The van der Waals surface area contributed by atoms with Gasteiger partial charge in [0.15, 0.2) is 5.82 Å². The molecule has 1 aromatic heterocycles. The lowest BCUT2D eigenvalue weighted by Crippen LogP contribution is -1.99. The fourth-order valence-corrected chi connectivity index (χ4v) is 1.51. The van der Waals surface area contributed by atoms with Crippen molar-refractivity contribution in [1.82, 2.24) is 10.1 Å². The van der Waals surface area contributed by atoms with Crippen molar-refractivity contribution >= 4 is 0 Å². The predicted octanol–water partition coefficient (Wildman–Crippen LogP) is 1.06. The van der Waals surface area contributed by atoms with Gasteiger partial charge in [-0.2, -0.15) is 4.98 Å².